The minimum absolute atomic E-state index is 0.0219. The van der Waals surface area contributed by atoms with Gasteiger partial charge in [-0.1, -0.05) is 51.1 Å². The number of nitrogens with two attached hydrogens (primary N) is 1. The number of carbonyl (C=O) groups is 2. The largest absolute Gasteiger partial charge is 0.481 e. The van der Waals surface area contributed by atoms with Crippen LogP contribution in [0.1, 0.15) is 50.9 Å². The fraction of sp³-hybridized carbons (Fsp3) is 0.400. The molecule has 6 nitrogen and oxygen atoms in total. The van der Waals surface area contributed by atoms with Crippen LogP contribution >= 0.6 is 11.8 Å². The molecular weight excluding hydrogens is 520 g/mol. The van der Waals surface area contributed by atoms with Crippen molar-refractivity contribution in [1.29, 1.82) is 0 Å². The Labute approximate surface area is 233 Å². The van der Waals surface area contributed by atoms with E-state index in [0.717, 1.165) is 23.4 Å². The Morgan fingerprint density at radius 3 is 2.46 bits per heavy atom. The highest BCUT2D eigenvalue weighted by Gasteiger charge is 2.37. The molecule has 3 aromatic rings. The van der Waals surface area contributed by atoms with Gasteiger partial charge in [-0.15, -0.1) is 0 Å². The van der Waals surface area contributed by atoms with Gasteiger partial charge in [0.05, 0.1) is 18.2 Å². The quantitative estimate of drug-likeness (QED) is 0.254. The van der Waals surface area contributed by atoms with Crippen molar-refractivity contribution in [2.45, 2.75) is 46.2 Å². The van der Waals surface area contributed by atoms with Crippen LogP contribution in [0.25, 0.3) is 11.1 Å². The number of rotatable bonds is 13. The molecule has 2 aromatic carbocycles. The molecule has 3 rings (SSSR count). The number of thioether (sulfide) groups is 1. The predicted molar refractivity (Wildman–Crippen MR) is 152 cm³/mol. The summed E-state index contributed by atoms with van der Waals surface area (Å²) in [5, 5.41) is 8.96. The predicted octanol–water partition coefficient (Wildman–Crippen LogP) is 5.95. The van der Waals surface area contributed by atoms with Crippen LogP contribution in [0.4, 0.5) is 8.78 Å². The van der Waals surface area contributed by atoms with Gasteiger partial charge in [0.1, 0.15) is 11.6 Å². The van der Waals surface area contributed by atoms with Crippen molar-refractivity contribution in [1.82, 2.24) is 9.47 Å². The second-order valence-electron chi connectivity index (χ2n) is 10.6. The van der Waals surface area contributed by atoms with E-state index in [-0.39, 0.29) is 23.6 Å². The molecule has 0 aliphatic heterocycles. The van der Waals surface area contributed by atoms with Crippen LogP contribution in [0, 0.1) is 17.0 Å². The van der Waals surface area contributed by atoms with E-state index >= 15 is 0 Å². The number of halogens is 2. The maximum atomic E-state index is 14.8. The summed E-state index contributed by atoms with van der Waals surface area (Å²) >= 11 is 1.29. The number of benzene rings is 2. The number of amides is 1. The molecule has 0 aliphatic rings. The molecule has 3 N–H and O–H groups in total. The number of aromatic nitrogens is 1. The van der Waals surface area contributed by atoms with Crippen molar-refractivity contribution in [2.75, 3.05) is 24.6 Å². The molecule has 0 aliphatic carbocycles. The average molecular weight is 558 g/mol. The Hall–Kier alpha value is -3.17. The number of carboxylic acids is 1. The molecule has 0 saturated carbocycles. The molecule has 210 valence electrons. The van der Waals surface area contributed by atoms with E-state index in [0.29, 0.717) is 37.4 Å². The molecule has 0 bridgehead atoms. The first-order valence-electron chi connectivity index (χ1n) is 13.0. The van der Waals surface area contributed by atoms with Crippen molar-refractivity contribution in [3.05, 3.63) is 83.7 Å². The SMILES string of the molecule is CC(C)(C)[C@H](c1cc(-c2cc(F)ccc2F)cn1Cc1ccccc1)N(CCCN)C(=O)CSCCC(=O)O. The highest BCUT2D eigenvalue weighted by atomic mass is 32.2. The van der Waals surface area contributed by atoms with Crippen LogP contribution < -0.4 is 5.73 Å². The van der Waals surface area contributed by atoms with Gasteiger partial charge < -0.3 is 20.3 Å². The fourth-order valence-electron chi connectivity index (χ4n) is 4.67. The molecule has 9 heteroatoms. The zero-order valence-electron chi connectivity index (χ0n) is 22.7. The van der Waals surface area contributed by atoms with Gasteiger partial charge in [-0.3, -0.25) is 9.59 Å². The van der Waals surface area contributed by atoms with E-state index in [1.165, 1.54) is 17.8 Å². The third kappa shape index (κ3) is 8.41. The van der Waals surface area contributed by atoms with E-state index in [4.69, 9.17) is 10.8 Å². The summed E-state index contributed by atoms with van der Waals surface area (Å²) in [6.07, 6.45) is 2.38. The first-order chi connectivity index (χ1) is 18.5. The Bertz CT molecular complexity index is 1260. The molecular formula is C30H37F2N3O3S. The second-order valence-corrected chi connectivity index (χ2v) is 11.7. The Kier molecular flexibility index (Phi) is 10.7. The van der Waals surface area contributed by atoms with Gasteiger partial charge in [-0.2, -0.15) is 11.8 Å². The van der Waals surface area contributed by atoms with E-state index in [9.17, 15) is 18.4 Å². The third-order valence-electron chi connectivity index (χ3n) is 6.39. The Morgan fingerprint density at radius 1 is 1.10 bits per heavy atom. The highest BCUT2D eigenvalue weighted by molar-refractivity contribution is 7.99. The van der Waals surface area contributed by atoms with E-state index in [1.54, 1.807) is 0 Å². The minimum Gasteiger partial charge on any atom is -0.481 e. The Balaban J connectivity index is 2.10. The number of carboxylic acid groups (broad SMARTS) is 1. The van der Waals surface area contributed by atoms with E-state index in [2.05, 4.69) is 0 Å². The van der Waals surface area contributed by atoms with Gasteiger partial charge in [-0.05, 0) is 48.2 Å². The molecule has 0 fully saturated rings. The molecule has 0 saturated heterocycles. The lowest BCUT2D eigenvalue weighted by atomic mass is 9.83. The van der Waals surface area contributed by atoms with Crippen LogP contribution in [-0.2, 0) is 16.1 Å². The number of nitrogens with zero attached hydrogens (tertiary/aromatic N) is 2. The van der Waals surface area contributed by atoms with Crippen molar-refractivity contribution >= 4 is 23.6 Å². The summed E-state index contributed by atoms with van der Waals surface area (Å²) in [7, 11) is 0. The van der Waals surface area contributed by atoms with E-state index in [1.807, 2.05) is 72.8 Å². The number of hydrogen-bond donors (Lipinski definition) is 2. The lowest BCUT2D eigenvalue weighted by Gasteiger charge is -2.41. The summed E-state index contributed by atoms with van der Waals surface area (Å²) in [5.41, 5.74) is 7.90. The fourth-order valence-corrected chi connectivity index (χ4v) is 5.48. The van der Waals surface area contributed by atoms with Gasteiger partial charge in [0.15, 0.2) is 0 Å². The van der Waals surface area contributed by atoms with Crippen LogP contribution in [0.3, 0.4) is 0 Å². The smallest absolute Gasteiger partial charge is 0.304 e. The van der Waals surface area contributed by atoms with Gasteiger partial charge in [0.25, 0.3) is 0 Å². The summed E-state index contributed by atoms with van der Waals surface area (Å²) in [6, 6.07) is 14.6. The number of aliphatic carboxylic acids is 1. The number of hydrogen-bond acceptors (Lipinski definition) is 4. The molecule has 0 radical (unpaired) electrons. The highest BCUT2D eigenvalue weighted by Crippen LogP contribution is 2.41. The molecule has 1 amide bonds. The summed E-state index contributed by atoms with van der Waals surface area (Å²) < 4.78 is 31.0. The van der Waals surface area contributed by atoms with Crippen LogP contribution in [0.2, 0.25) is 0 Å². The Morgan fingerprint density at radius 2 is 1.82 bits per heavy atom. The summed E-state index contributed by atoms with van der Waals surface area (Å²) in [6.45, 7) is 7.42. The average Bonchev–Trinajstić information content (AvgIpc) is 3.27. The number of carbonyl (C=O) groups excluding carboxylic acids is 1. The zero-order chi connectivity index (χ0) is 28.6. The van der Waals surface area contributed by atoms with Crippen molar-refractivity contribution in [2.24, 2.45) is 11.1 Å². The first-order valence-corrected chi connectivity index (χ1v) is 14.1. The maximum Gasteiger partial charge on any atom is 0.304 e. The van der Waals surface area contributed by atoms with E-state index < -0.39 is 29.1 Å². The van der Waals surface area contributed by atoms with Crippen LogP contribution in [0.15, 0.2) is 60.8 Å². The second kappa shape index (κ2) is 13.8. The van der Waals surface area contributed by atoms with Crippen molar-refractivity contribution in [3.8, 4) is 11.1 Å². The molecule has 1 atom stereocenters. The molecule has 0 unspecified atom stereocenters. The maximum absolute atomic E-state index is 14.8. The molecule has 39 heavy (non-hydrogen) atoms. The molecule has 1 aromatic heterocycles. The minimum atomic E-state index is -0.904. The summed E-state index contributed by atoms with van der Waals surface area (Å²) in [4.78, 5) is 26.3. The van der Waals surface area contributed by atoms with Crippen LogP contribution in [0.5, 0.6) is 0 Å². The van der Waals surface area contributed by atoms with Gasteiger partial charge >= 0.3 is 5.97 Å². The van der Waals surface area contributed by atoms with Crippen molar-refractivity contribution < 1.29 is 23.5 Å². The lowest BCUT2D eigenvalue weighted by molar-refractivity contribution is -0.136. The lowest BCUT2D eigenvalue weighted by Crippen LogP contribution is -2.44. The molecule has 0 spiro atoms. The summed E-state index contributed by atoms with van der Waals surface area (Å²) in [5.74, 6) is -1.62. The normalized spacial score (nSPS) is 12.4. The van der Waals surface area contributed by atoms with Gasteiger partial charge in [0, 0.05) is 41.9 Å². The molecule has 1 heterocycles. The monoisotopic (exact) mass is 557 g/mol. The third-order valence-corrected chi connectivity index (χ3v) is 7.33. The standard InChI is InChI=1S/C30H37F2N3O3S/c1-30(2,3)29(35(14-7-13-33)27(36)20-39-15-12-28(37)38)26-16-22(24-17-23(31)10-11-25(24)32)19-34(26)18-21-8-5-4-6-9-21/h4-6,8-11,16-17,19,29H,7,12-15,18,20,33H2,1-3H3,(H,37,38)/t29-/m0/s1. The topological polar surface area (TPSA) is 88.6 Å². The van der Waals surface area contributed by atoms with Crippen LogP contribution in [-0.4, -0.2) is 51.0 Å². The van der Waals surface area contributed by atoms with Gasteiger partial charge in [-0.25, -0.2) is 8.78 Å². The first kappa shape index (κ1) is 30.4. The zero-order valence-corrected chi connectivity index (χ0v) is 23.5. The van der Waals surface area contributed by atoms with Crippen molar-refractivity contribution in [3.63, 3.8) is 0 Å². The van der Waals surface area contributed by atoms with Gasteiger partial charge in [0.2, 0.25) is 5.91 Å².